The predicted molar refractivity (Wildman–Crippen MR) is 62.7 cm³/mol. The first kappa shape index (κ1) is 11.1. The summed E-state index contributed by atoms with van der Waals surface area (Å²) in [6.07, 6.45) is 5.21. The van der Waals surface area contributed by atoms with Gasteiger partial charge in [0.1, 0.15) is 12.1 Å². The van der Waals surface area contributed by atoms with Crippen LogP contribution in [-0.2, 0) is 0 Å². The summed E-state index contributed by atoms with van der Waals surface area (Å²) < 4.78 is 5.06. The lowest BCUT2D eigenvalue weighted by molar-refractivity contribution is 0.397. The van der Waals surface area contributed by atoms with Crippen LogP contribution >= 0.6 is 0 Å². The van der Waals surface area contributed by atoms with Crippen molar-refractivity contribution < 1.29 is 4.74 Å². The molecule has 1 saturated heterocycles. The first-order chi connectivity index (χ1) is 7.88. The first-order valence-electron chi connectivity index (χ1n) is 5.72. The number of nitrogens with one attached hydrogen (secondary N) is 2. The second kappa shape index (κ2) is 5.65. The van der Waals surface area contributed by atoms with Crippen molar-refractivity contribution in [2.75, 3.05) is 25.5 Å². The molecule has 5 nitrogen and oxygen atoms in total. The van der Waals surface area contributed by atoms with E-state index in [1.807, 2.05) is 6.07 Å². The molecule has 2 N–H and O–H groups in total. The van der Waals surface area contributed by atoms with E-state index in [4.69, 9.17) is 4.74 Å². The van der Waals surface area contributed by atoms with Crippen LogP contribution in [0.4, 0.5) is 5.82 Å². The number of aromatic nitrogens is 2. The van der Waals surface area contributed by atoms with E-state index in [1.54, 1.807) is 7.11 Å². The minimum Gasteiger partial charge on any atom is -0.481 e. The summed E-state index contributed by atoms with van der Waals surface area (Å²) in [5.41, 5.74) is 0. The standard InChI is InChI=1S/C11H18N4O/c1-16-11-6-10(13-8-14-11)15-9-4-2-3-5-12-7-9/h6,8-9,12H,2-5,7H2,1H3,(H,13,14,15). The normalized spacial score (nSPS) is 21.2. The average molecular weight is 222 g/mol. The molecule has 1 aromatic rings. The van der Waals surface area contributed by atoms with Gasteiger partial charge in [0.25, 0.3) is 0 Å². The van der Waals surface area contributed by atoms with Crippen LogP contribution in [0.25, 0.3) is 0 Å². The van der Waals surface area contributed by atoms with Gasteiger partial charge >= 0.3 is 0 Å². The van der Waals surface area contributed by atoms with Crippen LogP contribution in [0.3, 0.4) is 0 Å². The summed E-state index contributed by atoms with van der Waals surface area (Å²) in [5.74, 6) is 1.43. The molecule has 1 fully saturated rings. The van der Waals surface area contributed by atoms with Crippen molar-refractivity contribution in [1.29, 1.82) is 0 Å². The molecule has 0 bridgehead atoms. The summed E-state index contributed by atoms with van der Waals surface area (Å²) in [5, 5.41) is 6.81. The molecule has 1 unspecified atom stereocenters. The largest absolute Gasteiger partial charge is 0.481 e. The number of anilines is 1. The van der Waals surface area contributed by atoms with Gasteiger partial charge in [0.2, 0.25) is 5.88 Å². The Morgan fingerprint density at radius 3 is 3.25 bits per heavy atom. The molecule has 0 saturated carbocycles. The molecule has 1 aromatic heterocycles. The van der Waals surface area contributed by atoms with Gasteiger partial charge < -0.3 is 15.4 Å². The highest BCUT2D eigenvalue weighted by atomic mass is 16.5. The van der Waals surface area contributed by atoms with Crippen molar-refractivity contribution in [2.24, 2.45) is 0 Å². The molecule has 0 amide bonds. The average Bonchev–Trinajstić information content (AvgIpc) is 2.58. The monoisotopic (exact) mass is 222 g/mol. The minimum atomic E-state index is 0.446. The molecule has 5 heteroatoms. The van der Waals surface area contributed by atoms with Gasteiger partial charge in [-0.3, -0.25) is 0 Å². The second-order valence-electron chi connectivity index (χ2n) is 3.99. The lowest BCUT2D eigenvalue weighted by Gasteiger charge is -2.16. The van der Waals surface area contributed by atoms with Gasteiger partial charge in [-0.1, -0.05) is 6.42 Å². The summed E-state index contributed by atoms with van der Waals surface area (Å²) in [4.78, 5) is 8.16. The molecule has 16 heavy (non-hydrogen) atoms. The zero-order valence-corrected chi connectivity index (χ0v) is 9.57. The number of hydrogen-bond donors (Lipinski definition) is 2. The molecule has 88 valence electrons. The maximum Gasteiger partial charge on any atom is 0.218 e. The van der Waals surface area contributed by atoms with Crippen molar-refractivity contribution in [3.05, 3.63) is 12.4 Å². The Kier molecular flexibility index (Phi) is 3.93. The van der Waals surface area contributed by atoms with E-state index in [9.17, 15) is 0 Å². The quantitative estimate of drug-likeness (QED) is 0.800. The van der Waals surface area contributed by atoms with Gasteiger partial charge in [0, 0.05) is 18.7 Å². The van der Waals surface area contributed by atoms with Crippen LogP contribution in [0, 0.1) is 0 Å². The minimum absolute atomic E-state index is 0.446. The van der Waals surface area contributed by atoms with Crippen LogP contribution < -0.4 is 15.4 Å². The highest BCUT2D eigenvalue weighted by Crippen LogP contribution is 2.14. The lowest BCUT2D eigenvalue weighted by Crippen LogP contribution is -2.31. The fourth-order valence-corrected chi connectivity index (χ4v) is 1.88. The van der Waals surface area contributed by atoms with Crippen LogP contribution in [0.5, 0.6) is 5.88 Å². The molecule has 1 aliphatic rings. The Morgan fingerprint density at radius 2 is 2.38 bits per heavy atom. The van der Waals surface area contributed by atoms with E-state index in [2.05, 4.69) is 20.6 Å². The maximum atomic E-state index is 5.06. The van der Waals surface area contributed by atoms with E-state index in [1.165, 1.54) is 25.6 Å². The molecule has 0 aromatic carbocycles. The number of hydrogen-bond acceptors (Lipinski definition) is 5. The summed E-state index contributed by atoms with van der Waals surface area (Å²) in [6.45, 7) is 2.11. The van der Waals surface area contributed by atoms with Crippen molar-refractivity contribution in [1.82, 2.24) is 15.3 Å². The Hall–Kier alpha value is -1.36. The van der Waals surface area contributed by atoms with Gasteiger partial charge in [-0.05, 0) is 19.4 Å². The summed E-state index contributed by atoms with van der Waals surface area (Å²) >= 11 is 0. The van der Waals surface area contributed by atoms with Crippen LogP contribution in [0.15, 0.2) is 12.4 Å². The zero-order valence-electron chi connectivity index (χ0n) is 9.57. The molecule has 1 atom stereocenters. The van der Waals surface area contributed by atoms with Gasteiger partial charge in [0.05, 0.1) is 7.11 Å². The van der Waals surface area contributed by atoms with Gasteiger partial charge in [-0.2, -0.15) is 0 Å². The predicted octanol–water partition coefficient (Wildman–Crippen LogP) is 1.04. The Bertz CT molecular complexity index is 324. The fraction of sp³-hybridized carbons (Fsp3) is 0.636. The van der Waals surface area contributed by atoms with Crippen molar-refractivity contribution >= 4 is 5.82 Å². The maximum absolute atomic E-state index is 5.06. The van der Waals surface area contributed by atoms with E-state index >= 15 is 0 Å². The number of ether oxygens (including phenoxy) is 1. The Labute approximate surface area is 95.6 Å². The SMILES string of the molecule is COc1cc(NC2CCCCNC2)ncn1. The van der Waals surface area contributed by atoms with Gasteiger partial charge in [-0.15, -0.1) is 0 Å². The van der Waals surface area contributed by atoms with E-state index < -0.39 is 0 Å². The molecular weight excluding hydrogens is 204 g/mol. The van der Waals surface area contributed by atoms with Crippen molar-refractivity contribution in [3.8, 4) is 5.88 Å². The van der Waals surface area contributed by atoms with Crippen LogP contribution in [0.1, 0.15) is 19.3 Å². The topological polar surface area (TPSA) is 59.1 Å². The molecule has 0 spiro atoms. The second-order valence-corrected chi connectivity index (χ2v) is 3.99. The van der Waals surface area contributed by atoms with E-state index in [-0.39, 0.29) is 0 Å². The number of rotatable bonds is 3. The highest BCUT2D eigenvalue weighted by molar-refractivity contribution is 5.38. The Morgan fingerprint density at radius 1 is 1.44 bits per heavy atom. The molecule has 2 heterocycles. The van der Waals surface area contributed by atoms with Crippen LogP contribution in [0.2, 0.25) is 0 Å². The van der Waals surface area contributed by atoms with Gasteiger partial charge in [0.15, 0.2) is 0 Å². The van der Waals surface area contributed by atoms with Crippen molar-refractivity contribution in [2.45, 2.75) is 25.3 Å². The van der Waals surface area contributed by atoms with Crippen LogP contribution in [-0.4, -0.2) is 36.2 Å². The number of nitrogens with zero attached hydrogens (tertiary/aromatic N) is 2. The van der Waals surface area contributed by atoms with Crippen molar-refractivity contribution in [3.63, 3.8) is 0 Å². The zero-order chi connectivity index (χ0) is 11.2. The lowest BCUT2D eigenvalue weighted by atomic mass is 10.1. The smallest absolute Gasteiger partial charge is 0.218 e. The molecule has 1 aliphatic heterocycles. The molecule has 2 rings (SSSR count). The summed E-state index contributed by atoms with van der Waals surface area (Å²) in [6, 6.07) is 2.27. The first-order valence-corrected chi connectivity index (χ1v) is 5.72. The third kappa shape index (κ3) is 3.06. The Balaban J connectivity index is 1.96. The number of methoxy groups -OCH3 is 1. The highest BCUT2D eigenvalue weighted by Gasteiger charge is 2.12. The van der Waals surface area contributed by atoms with E-state index in [0.29, 0.717) is 11.9 Å². The molecule has 0 aliphatic carbocycles. The van der Waals surface area contributed by atoms with Gasteiger partial charge in [-0.25, -0.2) is 9.97 Å². The fourth-order valence-electron chi connectivity index (χ4n) is 1.88. The third-order valence-corrected chi connectivity index (χ3v) is 2.75. The van der Waals surface area contributed by atoms with E-state index in [0.717, 1.165) is 18.9 Å². The summed E-state index contributed by atoms with van der Waals surface area (Å²) in [7, 11) is 1.61. The molecule has 0 radical (unpaired) electrons. The molecular formula is C11H18N4O. The third-order valence-electron chi connectivity index (χ3n) is 2.75.